The Kier molecular flexibility index (Phi) is 3.48. The third-order valence-corrected chi connectivity index (χ3v) is 1.55. The van der Waals surface area contributed by atoms with Crippen molar-refractivity contribution >= 4 is 6.08 Å². The zero-order valence-corrected chi connectivity index (χ0v) is 7.54. The second-order valence-electron chi connectivity index (χ2n) is 2.69. The first kappa shape index (κ1) is 8.94. The third-order valence-electron chi connectivity index (χ3n) is 1.55. The van der Waals surface area contributed by atoms with Crippen LogP contribution in [0, 0.1) is 6.92 Å². The van der Waals surface area contributed by atoms with E-state index in [4.69, 9.17) is 0 Å². The van der Waals surface area contributed by atoms with Crippen molar-refractivity contribution in [1.29, 1.82) is 0 Å². The van der Waals surface area contributed by atoms with Crippen molar-refractivity contribution in [3.8, 4) is 0 Å². The molecule has 0 aliphatic rings. The fourth-order valence-electron chi connectivity index (χ4n) is 0.984. The minimum atomic E-state index is 0.904. The molecule has 1 N–H and O–H groups in total. The van der Waals surface area contributed by atoms with Crippen LogP contribution in [0.25, 0.3) is 6.08 Å². The zero-order valence-electron chi connectivity index (χ0n) is 7.54. The highest BCUT2D eigenvalue weighted by atomic mass is 14.8. The smallest absolute Gasteiger partial charge is 0.0378 e. The Morgan fingerprint density at radius 1 is 1.58 bits per heavy atom. The number of hydrogen-bond acceptors (Lipinski definition) is 2. The molecule has 0 saturated carbocycles. The fraction of sp³-hybridized carbons (Fsp3) is 0.300. The highest BCUT2D eigenvalue weighted by Gasteiger charge is 1.86. The lowest BCUT2D eigenvalue weighted by Gasteiger charge is -1.94. The number of likely N-dealkylation sites (N-methyl/N-ethyl adjacent to an activating group) is 1. The van der Waals surface area contributed by atoms with Gasteiger partial charge >= 0.3 is 0 Å². The summed E-state index contributed by atoms with van der Waals surface area (Å²) >= 11 is 0. The molecule has 0 spiro atoms. The average Bonchev–Trinajstić information content (AvgIpc) is 2.05. The molecule has 0 aliphatic heterocycles. The van der Waals surface area contributed by atoms with E-state index in [0.29, 0.717) is 0 Å². The predicted octanol–water partition coefficient (Wildman–Crippen LogP) is 1.62. The van der Waals surface area contributed by atoms with Crippen molar-refractivity contribution in [2.75, 3.05) is 13.6 Å². The van der Waals surface area contributed by atoms with Crippen LogP contribution in [0.15, 0.2) is 24.4 Å². The Labute approximate surface area is 73.3 Å². The predicted molar refractivity (Wildman–Crippen MR) is 51.9 cm³/mol. The maximum absolute atomic E-state index is 4.12. The van der Waals surface area contributed by atoms with E-state index in [1.165, 1.54) is 5.56 Å². The SMILES string of the molecule is CNCC=Cc1ccnc(C)c1. The van der Waals surface area contributed by atoms with E-state index < -0.39 is 0 Å². The van der Waals surface area contributed by atoms with Crippen LogP contribution in [0.4, 0.5) is 0 Å². The van der Waals surface area contributed by atoms with Crippen molar-refractivity contribution < 1.29 is 0 Å². The van der Waals surface area contributed by atoms with Crippen molar-refractivity contribution in [2.24, 2.45) is 0 Å². The molecule has 0 aliphatic carbocycles. The van der Waals surface area contributed by atoms with Gasteiger partial charge in [0, 0.05) is 18.4 Å². The molecule has 0 amide bonds. The minimum absolute atomic E-state index is 0.904. The molecule has 0 unspecified atom stereocenters. The maximum atomic E-state index is 4.12. The standard InChI is InChI=1S/C10H14N2/c1-9-8-10(5-7-12-9)4-3-6-11-2/h3-5,7-8,11H,6H2,1-2H3. The van der Waals surface area contributed by atoms with E-state index in [0.717, 1.165) is 12.2 Å². The molecule has 2 heteroatoms. The fourth-order valence-corrected chi connectivity index (χ4v) is 0.984. The lowest BCUT2D eigenvalue weighted by molar-refractivity contribution is 0.922. The second-order valence-corrected chi connectivity index (χ2v) is 2.69. The molecule has 2 nitrogen and oxygen atoms in total. The Bertz CT molecular complexity index is 266. The normalized spacial score (nSPS) is 10.8. The number of nitrogens with one attached hydrogen (secondary N) is 1. The summed E-state index contributed by atoms with van der Waals surface area (Å²) in [5, 5.41) is 3.05. The Hall–Kier alpha value is -1.15. The Morgan fingerprint density at radius 3 is 3.08 bits per heavy atom. The number of rotatable bonds is 3. The molecule has 0 saturated heterocycles. The number of aryl methyl sites for hydroxylation is 1. The van der Waals surface area contributed by atoms with Crippen LogP contribution in [0.3, 0.4) is 0 Å². The van der Waals surface area contributed by atoms with Gasteiger partial charge < -0.3 is 5.32 Å². The van der Waals surface area contributed by atoms with Crippen LogP contribution in [0.1, 0.15) is 11.3 Å². The second kappa shape index (κ2) is 4.67. The first-order valence-corrected chi connectivity index (χ1v) is 4.06. The van der Waals surface area contributed by atoms with Crippen LogP contribution in [0.5, 0.6) is 0 Å². The van der Waals surface area contributed by atoms with Crippen LogP contribution in [-0.2, 0) is 0 Å². The molecule has 1 aromatic heterocycles. The van der Waals surface area contributed by atoms with Crippen molar-refractivity contribution in [2.45, 2.75) is 6.92 Å². The maximum Gasteiger partial charge on any atom is 0.0378 e. The van der Waals surface area contributed by atoms with Crippen molar-refractivity contribution in [1.82, 2.24) is 10.3 Å². The van der Waals surface area contributed by atoms with Crippen LogP contribution < -0.4 is 5.32 Å². The van der Waals surface area contributed by atoms with E-state index >= 15 is 0 Å². The zero-order chi connectivity index (χ0) is 8.81. The van der Waals surface area contributed by atoms with Gasteiger partial charge in [-0.3, -0.25) is 4.98 Å². The topological polar surface area (TPSA) is 24.9 Å². The van der Waals surface area contributed by atoms with E-state index in [1.807, 2.05) is 26.2 Å². The van der Waals surface area contributed by atoms with E-state index in [1.54, 1.807) is 0 Å². The Balaban J connectivity index is 2.63. The monoisotopic (exact) mass is 162 g/mol. The molecule has 12 heavy (non-hydrogen) atoms. The van der Waals surface area contributed by atoms with Gasteiger partial charge in [-0.05, 0) is 31.7 Å². The van der Waals surface area contributed by atoms with Crippen LogP contribution >= 0.6 is 0 Å². The van der Waals surface area contributed by atoms with Crippen molar-refractivity contribution in [3.05, 3.63) is 35.7 Å². The van der Waals surface area contributed by atoms with Gasteiger partial charge in [0.2, 0.25) is 0 Å². The van der Waals surface area contributed by atoms with Gasteiger partial charge in [0.25, 0.3) is 0 Å². The minimum Gasteiger partial charge on any atom is -0.316 e. The lowest BCUT2D eigenvalue weighted by Crippen LogP contribution is -2.03. The quantitative estimate of drug-likeness (QED) is 0.730. The Morgan fingerprint density at radius 2 is 2.42 bits per heavy atom. The third kappa shape index (κ3) is 2.84. The van der Waals surface area contributed by atoms with Gasteiger partial charge in [0.1, 0.15) is 0 Å². The summed E-state index contributed by atoms with van der Waals surface area (Å²) < 4.78 is 0. The molecule has 1 heterocycles. The number of hydrogen-bond donors (Lipinski definition) is 1. The van der Waals surface area contributed by atoms with Crippen molar-refractivity contribution in [3.63, 3.8) is 0 Å². The molecular weight excluding hydrogens is 148 g/mol. The molecular formula is C10H14N2. The largest absolute Gasteiger partial charge is 0.316 e. The first-order valence-electron chi connectivity index (χ1n) is 4.06. The molecule has 1 rings (SSSR count). The average molecular weight is 162 g/mol. The number of pyridine rings is 1. The number of aromatic nitrogens is 1. The molecule has 0 aromatic carbocycles. The summed E-state index contributed by atoms with van der Waals surface area (Å²) in [7, 11) is 1.93. The van der Waals surface area contributed by atoms with E-state index in [2.05, 4.69) is 28.5 Å². The molecule has 0 radical (unpaired) electrons. The van der Waals surface area contributed by atoms with Gasteiger partial charge in [-0.15, -0.1) is 0 Å². The highest BCUT2D eigenvalue weighted by Crippen LogP contribution is 2.02. The highest BCUT2D eigenvalue weighted by molar-refractivity contribution is 5.48. The summed E-state index contributed by atoms with van der Waals surface area (Å²) in [6.07, 6.45) is 6.01. The molecule has 0 atom stereocenters. The summed E-state index contributed by atoms with van der Waals surface area (Å²) in [6, 6.07) is 4.06. The van der Waals surface area contributed by atoms with Crippen LogP contribution in [0.2, 0.25) is 0 Å². The molecule has 1 aromatic rings. The van der Waals surface area contributed by atoms with Gasteiger partial charge in [-0.2, -0.15) is 0 Å². The molecule has 0 bridgehead atoms. The summed E-state index contributed by atoms with van der Waals surface area (Å²) in [4.78, 5) is 4.12. The van der Waals surface area contributed by atoms with Gasteiger partial charge in [-0.1, -0.05) is 12.2 Å². The summed E-state index contributed by atoms with van der Waals surface area (Å²) in [6.45, 7) is 2.90. The van der Waals surface area contributed by atoms with E-state index in [9.17, 15) is 0 Å². The van der Waals surface area contributed by atoms with Gasteiger partial charge in [-0.25, -0.2) is 0 Å². The van der Waals surface area contributed by atoms with E-state index in [-0.39, 0.29) is 0 Å². The van der Waals surface area contributed by atoms with Crippen LogP contribution in [-0.4, -0.2) is 18.6 Å². The van der Waals surface area contributed by atoms with Gasteiger partial charge in [0.05, 0.1) is 0 Å². The first-order chi connectivity index (χ1) is 5.83. The summed E-state index contributed by atoms with van der Waals surface area (Å²) in [5.74, 6) is 0. The molecule has 64 valence electrons. The summed E-state index contributed by atoms with van der Waals surface area (Å²) in [5.41, 5.74) is 2.26. The number of nitrogens with zero attached hydrogens (tertiary/aromatic N) is 1. The molecule has 0 fully saturated rings. The van der Waals surface area contributed by atoms with Gasteiger partial charge in [0.15, 0.2) is 0 Å². The lowest BCUT2D eigenvalue weighted by atomic mass is 10.2.